The summed E-state index contributed by atoms with van der Waals surface area (Å²) in [6.45, 7) is 5.30. The van der Waals surface area contributed by atoms with E-state index in [0.717, 1.165) is 50.1 Å². The van der Waals surface area contributed by atoms with Crippen LogP contribution in [0.5, 0.6) is 0 Å². The molecule has 0 bridgehead atoms. The molecule has 9 heteroatoms. The number of nitrogens with one attached hydrogen (secondary N) is 1. The van der Waals surface area contributed by atoms with Crippen molar-refractivity contribution in [3.8, 4) is 22.3 Å². The normalized spacial score (nSPS) is 17.3. The first kappa shape index (κ1) is 35.5. The van der Waals surface area contributed by atoms with E-state index in [1.54, 1.807) is 30.3 Å². The van der Waals surface area contributed by atoms with Crippen molar-refractivity contribution in [3.63, 3.8) is 0 Å². The smallest absolute Gasteiger partial charge is 0.410 e. The molecule has 9 nitrogen and oxygen atoms in total. The lowest BCUT2D eigenvalue weighted by atomic mass is 9.98. The molecular formula is C46H40N2O7. The highest BCUT2D eigenvalue weighted by Crippen LogP contribution is 2.46. The van der Waals surface area contributed by atoms with E-state index in [1.165, 1.54) is 11.8 Å². The fourth-order valence-electron chi connectivity index (χ4n) is 8.06. The first-order valence-corrected chi connectivity index (χ1v) is 18.5. The highest BCUT2D eigenvalue weighted by molar-refractivity contribution is 5.97. The molecule has 0 spiro atoms. The van der Waals surface area contributed by atoms with E-state index < -0.39 is 42.1 Å². The van der Waals surface area contributed by atoms with Gasteiger partial charge in [-0.25, -0.2) is 14.4 Å². The summed E-state index contributed by atoms with van der Waals surface area (Å²) in [4.78, 5) is 55.4. The number of nitrogens with zero attached hydrogens (tertiary/aromatic N) is 1. The van der Waals surface area contributed by atoms with E-state index in [4.69, 9.17) is 14.2 Å². The van der Waals surface area contributed by atoms with Gasteiger partial charge in [0.25, 0.3) is 5.91 Å². The minimum Gasteiger partial charge on any atom is -0.463 e. The molecule has 8 rings (SSSR count). The van der Waals surface area contributed by atoms with Gasteiger partial charge in [0, 0.05) is 23.8 Å². The van der Waals surface area contributed by atoms with Crippen LogP contribution < -0.4 is 5.32 Å². The minimum absolute atomic E-state index is 0.0102. The van der Waals surface area contributed by atoms with Gasteiger partial charge in [-0.1, -0.05) is 122 Å². The molecule has 1 aliphatic heterocycles. The fraction of sp³-hybridized carbons (Fsp3) is 0.217. The van der Waals surface area contributed by atoms with Gasteiger partial charge in [0.2, 0.25) is 0 Å². The van der Waals surface area contributed by atoms with Crippen LogP contribution in [0.1, 0.15) is 63.4 Å². The molecule has 1 heterocycles. The molecule has 1 saturated heterocycles. The molecule has 0 saturated carbocycles. The Kier molecular flexibility index (Phi) is 9.76. The van der Waals surface area contributed by atoms with Crippen molar-refractivity contribution in [3.05, 3.63) is 161 Å². The van der Waals surface area contributed by atoms with Crippen molar-refractivity contribution in [2.75, 3.05) is 19.8 Å². The summed E-state index contributed by atoms with van der Waals surface area (Å²) in [5.41, 5.74) is 9.88. The van der Waals surface area contributed by atoms with E-state index >= 15 is 0 Å². The van der Waals surface area contributed by atoms with Gasteiger partial charge in [0.05, 0.1) is 6.54 Å². The fourth-order valence-corrected chi connectivity index (χ4v) is 8.06. The molecule has 2 aliphatic carbocycles. The summed E-state index contributed by atoms with van der Waals surface area (Å²) in [6.07, 6.45) is 0.134. The molecule has 2 amide bonds. The van der Waals surface area contributed by atoms with Gasteiger partial charge in [0.15, 0.2) is 0 Å². The Labute approximate surface area is 319 Å². The van der Waals surface area contributed by atoms with E-state index in [-0.39, 0.29) is 38.0 Å². The maximum atomic E-state index is 14.0. The van der Waals surface area contributed by atoms with Gasteiger partial charge < -0.3 is 19.5 Å². The third kappa shape index (κ3) is 6.89. The zero-order valence-electron chi connectivity index (χ0n) is 30.4. The SMILES string of the molecule is C=Cc1ccc(C(=O)N[C@@H](C)C(=O)O[C@@H]2C[C@@H](C(=O)OCC3c4ccccc4-c4ccccc43)N(C(=O)OCC3c4ccccc4-c4ccccc43)C2)cc1. The second kappa shape index (κ2) is 15.1. The summed E-state index contributed by atoms with van der Waals surface area (Å²) < 4.78 is 17.8. The second-order valence-electron chi connectivity index (χ2n) is 14.1. The van der Waals surface area contributed by atoms with Crippen LogP contribution in [-0.4, -0.2) is 66.8 Å². The molecule has 1 fully saturated rings. The highest BCUT2D eigenvalue weighted by atomic mass is 16.6. The molecule has 5 aromatic carbocycles. The monoisotopic (exact) mass is 732 g/mol. The summed E-state index contributed by atoms with van der Waals surface area (Å²) >= 11 is 0. The quantitative estimate of drug-likeness (QED) is 0.116. The van der Waals surface area contributed by atoms with Crippen LogP contribution in [0.15, 0.2) is 128 Å². The van der Waals surface area contributed by atoms with Crippen LogP contribution >= 0.6 is 0 Å². The largest absolute Gasteiger partial charge is 0.463 e. The number of hydrogen-bond acceptors (Lipinski definition) is 7. The second-order valence-corrected chi connectivity index (χ2v) is 14.1. The summed E-state index contributed by atoms with van der Waals surface area (Å²) in [7, 11) is 0. The first-order valence-electron chi connectivity index (χ1n) is 18.5. The number of carbonyl (C=O) groups is 4. The Morgan fingerprint density at radius 1 is 0.709 bits per heavy atom. The van der Waals surface area contributed by atoms with Crippen molar-refractivity contribution >= 4 is 30.0 Å². The summed E-state index contributed by atoms with van der Waals surface area (Å²) in [5, 5.41) is 2.67. The Balaban J connectivity index is 0.975. The van der Waals surface area contributed by atoms with E-state index in [1.807, 2.05) is 72.8 Å². The van der Waals surface area contributed by atoms with Gasteiger partial charge in [-0.15, -0.1) is 0 Å². The van der Waals surface area contributed by atoms with Crippen LogP contribution in [-0.2, 0) is 23.8 Å². The molecule has 55 heavy (non-hydrogen) atoms. The number of carbonyl (C=O) groups excluding carboxylic acids is 4. The molecule has 276 valence electrons. The van der Waals surface area contributed by atoms with Crippen molar-refractivity contribution < 1.29 is 33.4 Å². The number of ether oxygens (including phenoxy) is 3. The van der Waals surface area contributed by atoms with E-state index in [2.05, 4.69) is 36.2 Å². The Morgan fingerprint density at radius 2 is 1.18 bits per heavy atom. The standard InChI is InChI=1S/C46H40N2O7/c1-3-29-20-22-30(23-21-29)43(49)47-28(2)44(50)55-31-24-42(45(51)53-26-40-36-16-8-4-12-32(36)33-13-5-9-17-37(33)40)48(25-31)46(52)54-27-41-38-18-10-6-14-34(38)35-15-7-11-19-39(35)41/h3-23,28,31,40-42H,1,24-27H2,2H3,(H,47,49)/t28-,31+,42-/m0/s1. The van der Waals surface area contributed by atoms with Gasteiger partial charge in [-0.2, -0.15) is 0 Å². The van der Waals surface area contributed by atoms with Gasteiger partial charge >= 0.3 is 18.0 Å². The topological polar surface area (TPSA) is 111 Å². The van der Waals surface area contributed by atoms with E-state index in [9.17, 15) is 19.2 Å². The molecule has 5 aromatic rings. The third-order valence-electron chi connectivity index (χ3n) is 10.9. The number of amides is 2. The number of hydrogen-bond donors (Lipinski definition) is 1. The Hall–Kier alpha value is -6.48. The zero-order valence-corrected chi connectivity index (χ0v) is 30.4. The lowest BCUT2D eigenvalue weighted by Gasteiger charge is -2.24. The summed E-state index contributed by atoms with van der Waals surface area (Å²) in [5.74, 6) is -2.10. The van der Waals surface area contributed by atoms with Gasteiger partial charge in [-0.05, 0) is 69.1 Å². The van der Waals surface area contributed by atoms with Gasteiger partial charge in [-0.3, -0.25) is 9.69 Å². The number of benzene rings is 5. The third-order valence-corrected chi connectivity index (χ3v) is 10.9. The van der Waals surface area contributed by atoms with Crippen LogP contribution in [0.4, 0.5) is 4.79 Å². The van der Waals surface area contributed by atoms with Gasteiger partial charge in [0.1, 0.15) is 31.4 Å². The average molecular weight is 733 g/mol. The predicted octanol–water partition coefficient (Wildman–Crippen LogP) is 7.74. The summed E-state index contributed by atoms with van der Waals surface area (Å²) in [6, 6.07) is 37.0. The molecular weight excluding hydrogens is 693 g/mol. The molecule has 0 radical (unpaired) electrons. The average Bonchev–Trinajstić information content (AvgIpc) is 3.89. The molecule has 1 N–H and O–H groups in total. The van der Waals surface area contributed by atoms with Crippen LogP contribution in [0.3, 0.4) is 0 Å². The first-order chi connectivity index (χ1) is 26.8. The number of fused-ring (bicyclic) bond motifs is 6. The number of likely N-dealkylation sites (tertiary alicyclic amines) is 1. The predicted molar refractivity (Wildman–Crippen MR) is 208 cm³/mol. The molecule has 3 aliphatic rings. The highest BCUT2D eigenvalue weighted by Gasteiger charge is 2.44. The number of esters is 2. The van der Waals surface area contributed by atoms with Crippen LogP contribution in [0.25, 0.3) is 28.3 Å². The molecule has 0 aromatic heterocycles. The van der Waals surface area contributed by atoms with Crippen LogP contribution in [0.2, 0.25) is 0 Å². The van der Waals surface area contributed by atoms with Crippen molar-refractivity contribution in [2.45, 2.75) is 43.4 Å². The van der Waals surface area contributed by atoms with E-state index in [0.29, 0.717) is 5.56 Å². The maximum Gasteiger partial charge on any atom is 0.410 e. The zero-order chi connectivity index (χ0) is 38.1. The minimum atomic E-state index is -1.06. The lowest BCUT2D eigenvalue weighted by Crippen LogP contribution is -2.43. The number of rotatable bonds is 10. The molecule has 3 atom stereocenters. The Bertz CT molecular complexity index is 2090. The maximum absolute atomic E-state index is 14.0. The lowest BCUT2D eigenvalue weighted by molar-refractivity contribution is -0.152. The van der Waals surface area contributed by atoms with Crippen molar-refractivity contribution in [1.29, 1.82) is 0 Å². The van der Waals surface area contributed by atoms with Crippen molar-refractivity contribution in [2.24, 2.45) is 0 Å². The Morgan fingerprint density at radius 3 is 1.67 bits per heavy atom. The molecule has 0 unspecified atom stereocenters. The van der Waals surface area contributed by atoms with Crippen molar-refractivity contribution in [1.82, 2.24) is 10.2 Å². The van der Waals surface area contributed by atoms with Crippen LogP contribution in [0, 0.1) is 0 Å².